The van der Waals surface area contributed by atoms with Gasteiger partial charge in [-0.2, -0.15) is 0 Å². The average molecular weight is 306 g/mol. The normalized spacial score (nSPS) is 10.5. The molecule has 0 unspecified atom stereocenters. The van der Waals surface area contributed by atoms with Crippen molar-refractivity contribution in [1.29, 1.82) is 0 Å². The number of nitrogens with one attached hydrogen (secondary N) is 1. The molecule has 0 amide bonds. The van der Waals surface area contributed by atoms with E-state index in [1.54, 1.807) is 13.2 Å². The molecule has 1 N–H and O–H groups in total. The van der Waals surface area contributed by atoms with Crippen LogP contribution in [-0.4, -0.2) is 14.2 Å². The van der Waals surface area contributed by atoms with E-state index in [1.807, 2.05) is 25.2 Å². The molecule has 0 saturated carbocycles. The van der Waals surface area contributed by atoms with Gasteiger partial charge in [-0.3, -0.25) is 0 Å². The lowest BCUT2D eigenvalue weighted by Gasteiger charge is -2.16. The van der Waals surface area contributed by atoms with Gasteiger partial charge in [-0.15, -0.1) is 0 Å². The minimum Gasteiger partial charge on any atom is -0.493 e. The molecule has 21 heavy (non-hydrogen) atoms. The maximum absolute atomic E-state index is 6.12. The molecule has 4 heteroatoms. The molecule has 0 atom stereocenters. The van der Waals surface area contributed by atoms with Crippen molar-refractivity contribution in [3.05, 3.63) is 58.1 Å². The van der Waals surface area contributed by atoms with Gasteiger partial charge in [0, 0.05) is 23.2 Å². The van der Waals surface area contributed by atoms with Crippen molar-refractivity contribution in [2.24, 2.45) is 0 Å². The second-order valence-corrected chi connectivity index (χ2v) is 5.28. The van der Waals surface area contributed by atoms with Crippen LogP contribution in [0.4, 0.5) is 0 Å². The van der Waals surface area contributed by atoms with Crippen LogP contribution < -0.4 is 14.8 Å². The van der Waals surface area contributed by atoms with Gasteiger partial charge in [-0.25, -0.2) is 0 Å². The monoisotopic (exact) mass is 305 g/mol. The summed E-state index contributed by atoms with van der Waals surface area (Å²) in [4.78, 5) is 0. The topological polar surface area (TPSA) is 30.5 Å². The summed E-state index contributed by atoms with van der Waals surface area (Å²) in [6, 6.07) is 11.8. The lowest BCUT2D eigenvalue weighted by atomic mass is 10.1. The van der Waals surface area contributed by atoms with Gasteiger partial charge in [0.25, 0.3) is 0 Å². The minimum atomic E-state index is 0.501. The zero-order valence-electron chi connectivity index (χ0n) is 12.6. The van der Waals surface area contributed by atoms with Crippen LogP contribution in [0, 0.1) is 6.92 Å². The summed E-state index contributed by atoms with van der Waals surface area (Å²) in [6.07, 6.45) is 0. The number of ether oxygens (including phenoxy) is 2. The minimum absolute atomic E-state index is 0.501. The first-order chi connectivity index (χ1) is 10.2. The zero-order valence-corrected chi connectivity index (χ0v) is 13.3. The number of hydrogen-bond donors (Lipinski definition) is 1. The summed E-state index contributed by atoms with van der Waals surface area (Å²) >= 11 is 6.12. The van der Waals surface area contributed by atoms with E-state index in [-0.39, 0.29) is 0 Å². The number of hydrogen-bond acceptors (Lipinski definition) is 3. The van der Waals surface area contributed by atoms with Gasteiger partial charge in [0.1, 0.15) is 6.61 Å². The molecule has 0 saturated heterocycles. The van der Waals surface area contributed by atoms with Crippen molar-refractivity contribution in [3.8, 4) is 11.5 Å². The summed E-state index contributed by atoms with van der Waals surface area (Å²) in [5.41, 5.74) is 3.35. The standard InChI is InChI=1S/C17H20ClNO2/c1-12-6-4-5-7-13(12)11-21-17-14(10-19-2)8-15(18)9-16(17)20-3/h4-9,19H,10-11H2,1-3H3. The van der Waals surface area contributed by atoms with Crippen LogP contribution in [0.2, 0.25) is 5.02 Å². The maximum atomic E-state index is 6.12. The largest absolute Gasteiger partial charge is 0.493 e. The van der Waals surface area contributed by atoms with Crippen LogP contribution in [0.25, 0.3) is 0 Å². The fraction of sp³-hybridized carbons (Fsp3) is 0.294. The third-order valence-electron chi connectivity index (χ3n) is 3.32. The molecular formula is C17H20ClNO2. The van der Waals surface area contributed by atoms with E-state index in [4.69, 9.17) is 21.1 Å². The van der Waals surface area contributed by atoms with Crippen molar-refractivity contribution in [2.75, 3.05) is 14.2 Å². The highest BCUT2D eigenvalue weighted by atomic mass is 35.5. The van der Waals surface area contributed by atoms with Gasteiger partial charge in [0.05, 0.1) is 7.11 Å². The molecule has 2 rings (SSSR count). The number of aryl methyl sites for hydroxylation is 1. The van der Waals surface area contributed by atoms with Crippen LogP contribution in [-0.2, 0) is 13.2 Å². The van der Waals surface area contributed by atoms with Crippen molar-refractivity contribution < 1.29 is 9.47 Å². The molecule has 0 spiro atoms. The van der Waals surface area contributed by atoms with Crippen LogP contribution in [0.5, 0.6) is 11.5 Å². The first-order valence-electron chi connectivity index (χ1n) is 6.84. The van der Waals surface area contributed by atoms with E-state index in [9.17, 15) is 0 Å². The van der Waals surface area contributed by atoms with E-state index in [0.717, 1.165) is 16.9 Å². The molecule has 0 aliphatic carbocycles. The molecule has 0 radical (unpaired) electrons. The van der Waals surface area contributed by atoms with Gasteiger partial charge >= 0.3 is 0 Å². The first-order valence-corrected chi connectivity index (χ1v) is 7.21. The Bertz CT molecular complexity index is 614. The van der Waals surface area contributed by atoms with Crippen LogP contribution >= 0.6 is 11.6 Å². The van der Waals surface area contributed by atoms with Gasteiger partial charge in [-0.05, 0) is 31.2 Å². The van der Waals surface area contributed by atoms with E-state index < -0.39 is 0 Å². The number of halogens is 1. The highest BCUT2D eigenvalue weighted by Crippen LogP contribution is 2.35. The Balaban J connectivity index is 2.27. The molecule has 112 valence electrons. The summed E-state index contributed by atoms with van der Waals surface area (Å²) in [6.45, 7) is 3.24. The molecule has 0 bridgehead atoms. The van der Waals surface area contributed by atoms with Gasteiger partial charge in [0.2, 0.25) is 0 Å². The van der Waals surface area contributed by atoms with Crippen LogP contribution in [0.15, 0.2) is 36.4 Å². The predicted molar refractivity (Wildman–Crippen MR) is 86.3 cm³/mol. The summed E-state index contributed by atoms with van der Waals surface area (Å²) < 4.78 is 11.4. The molecule has 0 heterocycles. The molecule has 3 nitrogen and oxygen atoms in total. The van der Waals surface area contributed by atoms with Gasteiger partial charge < -0.3 is 14.8 Å². The highest BCUT2D eigenvalue weighted by molar-refractivity contribution is 6.30. The fourth-order valence-electron chi connectivity index (χ4n) is 2.18. The maximum Gasteiger partial charge on any atom is 0.166 e. The molecule has 2 aromatic rings. The van der Waals surface area contributed by atoms with E-state index in [1.165, 1.54) is 5.56 Å². The molecule has 2 aromatic carbocycles. The second-order valence-electron chi connectivity index (χ2n) is 4.84. The SMILES string of the molecule is CNCc1cc(Cl)cc(OC)c1OCc1ccccc1C. The van der Waals surface area contributed by atoms with Crippen molar-refractivity contribution >= 4 is 11.6 Å². The Hall–Kier alpha value is -1.71. The Kier molecular flexibility index (Phi) is 5.48. The van der Waals surface area contributed by atoms with Crippen molar-refractivity contribution in [1.82, 2.24) is 5.32 Å². The molecule has 0 fully saturated rings. The lowest BCUT2D eigenvalue weighted by molar-refractivity contribution is 0.280. The average Bonchev–Trinajstić information content (AvgIpc) is 2.47. The third kappa shape index (κ3) is 3.90. The van der Waals surface area contributed by atoms with E-state index in [2.05, 4.69) is 24.4 Å². The number of benzene rings is 2. The number of rotatable bonds is 6. The lowest BCUT2D eigenvalue weighted by Crippen LogP contribution is -2.09. The Morgan fingerprint density at radius 3 is 2.57 bits per heavy atom. The van der Waals surface area contributed by atoms with Crippen molar-refractivity contribution in [3.63, 3.8) is 0 Å². The Morgan fingerprint density at radius 2 is 1.90 bits per heavy atom. The second kappa shape index (κ2) is 7.34. The predicted octanol–water partition coefficient (Wildman–Crippen LogP) is 3.96. The fourth-order valence-corrected chi connectivity index (χ4v) is 2.41. The van der Waals surface area contributed by atoms with Crippen LogP contribution in [0.3, 0.4) is 0 Å². The van der Waals surface area contributed by atoms with E-state index in [0.29, 0.717) is 23.9 Å². The molecule has 0 aliphatic heterocycles. The van der Waals surface area contributed by atoms with Crippen molar-refractivity contribution in [2.45, 2.75) is 20.1 Å². The quantitative estimate of drug-likeness (QED) is 0.876. The zero-order chi connectivity index (χ0) is 15.2. The summed E-state index contributed by atoms with van der Waals surface area (Å²) in [5.74, 6) is 1.39. The molecule has 0 aliphatic rings. The third-order valence-corrected chi connectivity index (χ3v) is 3.54. The first kappa shape index (κ1) is 15.7. The highest BCUT2D eigenvalue weighted by Gasteiger charge is 2.13. The Labute approximate surface area is 130 Å². The summed E-state index contributed by atoms with van der Waals surface area (Å²) in [7, 11) is 3.51. The smallest absolute Gasteiger partial charge is 0.166 e. The Morgan fingerprint density at radius 1 is 1.14 bits per heavy atom. The molecular weight excluding hydrogens is 286 g/mol. The van der Waals surface area contributed by atoms with E-state index >= 15 is 0 Å². The summed E-state index contributed by atoms with van der Waals surface area (Å²) in [5, 5.41) is 3.76. The van der Waals surface area contributed by atoms with Gasteiger partial charge in [-0.1, -0.05) is 35.9 Å². The molecule has 0 aromatic heterocycles. The van der Waals surface area contributed by atoms with Gasteiger partial charge in [0.15, 0.2) is 11.5 Å². The number of methoxy groups -OCH3 is 1. The van der Waals surface area contributed by atoms with Crippen LogP contribution in [0.1, 0.15) is 16.7 Å².